The molecule has 30 heavy (non-hydrogen) atoms. The quantitative estimate of drug-likeness (QED) is 0.780. The van der Waals surface area contributed by atoms with Crippen LogP contribution in [0.25, 0.3) is 11.3 Å². The molecule has 1 saturated carbocycles. The van der Waals surface area contributed by atoms with Gasteiger partial charge in [-0.15, -0.1) is 0 Å². The number of primary amides is 1. The van der Waals surface area contributed by atoms with Crippen LogP contribution >= 0.6 is 0 Å². The molecule has 0 radical (unpaired) electrons. The van der Waals surface area contributed by atoms with Gasteiger partial charge in [-0.2, -0.15) is 0 Å². The zero-order chi connectivity index (χ0) is 21.1. The Hall–Kier alpha value is -3.10. The van der Waals surface area contributed by atoms with Crippen LogP contribution in [-0.2, 0) is 9.59 Å². The minimum atomic E-state index is -0.542. The average Bonchev–Trinajstić information content (AvgIpc) is 2.76. The maximum atomic E-state index is 14.5. The first-order chi connectivity index (χ1) is 14.5. The van der Waals surface area contributed by atoms with Gasteiger partial charge in [0.2, 0.25) is 17.8 Å². The van der Waals surface area contributed by atoms with E-state index in [0.29, 0.717) is 30.3 Å². The number of halogens is 1. The Balaban J connectivity index is 1.52. The van der Waals surface area contributed by atoms with Gasteiger partial charge in [0, 0.05) is 36.7 Å². The van der Waals surface area contributed by atoms with Crippen LogP contribution in [0.1, 0.15) is 44.9 Å². The number of aromatic nitrogens is 3. The number of amides is 2. The van der Waals surface area contributed by atoms with Gasteiger partial charge in [-0.3, -0.25) is 14.5 Å². The first-order valence-corrected chi connectivity index (χ1v) is 10.4. The maximum absolute atomic E-state index is 14.5. The molecule has 1 saturated heterocycles. The van der Waals surface area contributed by atoms with E-state index in [0.717, 1.165) is 44.7 Å². The van der Waals surface area contributed by atoms with Crippen molar-refractivity contribution in [3.63, 3.8) is 0 Å². The lowest BCUT2D eigenvalue weighted by Gasteiger charge is -2.27. The molecule has 0 bridgehead atoms. The van der Waals surface area contributed by atoms with Gasteiger partial charge in [-0.1, -0.05) is 0 Å². The molecule has 2 fully saturated rings. The Kier molecular flexibility index (Phi) is 5.87. The molecular formula is C21H25FN6O2. The standard InChI is InChI=1S/C21H25FN6O2/c22-16-12-25-21(26-15-6-4-13(5-7-15)20(23)30)27-19(16)14-8-9-24-17(11-14)28-10-2-1-3-18(28)29/h8-9,11-13,15H,1-7,10H2,(H2,23,30)(H,25,26,27)/t13-,15-. The maximum Gasteiger partial charge on any atom is 0.228 e. The number of nitrogens with zero attached hydrogens (tertiary/aromatic N) is 4. The smallest absolute Gasteiger partial charge is 0.228 e. The Labute approximate surface area is 174 Å². The van der Waals surface area contributed by atoms with Gasteiger partial charge in [-0.05, 0) is 50.7 Å². The summed E-state index contributed by atoms with van der Waals surface area (Å²) in [4.78, 5) is 37.9. The predicted octanol–water partition coefficient (Wildman–Crippen LogP) is 2.65. The molecule has 2 aromatic rings. The van der Waals surface area contributed by atoms with E-state index < -0.39 is 5.82 Å². The molecule has 0 spiro atoms. The highest BCUT2D eigenvalue weighted by Gasteiger charge is 2.25. The number of pyridine rings is 1. The number of hydrogen-bond donors (Lipinski definition) is 2. The van der Waals surface area contributed by atoms with E-state index in [4.69, 9.17) is 5.73 Å². The van der Waals surface area contributed by atoms with Crippen molar-refractivity contribution in [2.45, 2.75) is 51.0 Å². The van der Waals surface area contributed by atoms with Gasteiger partial charge in [-0.25, -0.2) is 19.3 Å². The highest BCUT2D eigenvalue weighted by Crippen LogP contribution is 2.28. The number of piperidine rings is 1. The fraction of sp³-hybridized carbons (Fsp3) is 0.476. The van der Waals surface area contributed by atoms with Gasteiger partial charge in [0.25, 0.3) is 0 Å². The van der Waals surface area contributed by atoms with E-state index in [9.17, 15) is 14.0 Å². The van der Waals surface area contributed by atoms with Crippen molar-refractivity contribution in [1.29, 1.82) is 0 Å². The number of hydrogen-bond acceptors (Lipinski definition) is 6. The average molecular weight is 412 g/mol. The van der Waals surface area contributed by atoms with Gasteiger partial charge in [0.05, 0.1) is 6.20 Å². The van der Waals surface area contributed by atoms with Crippen LogP contribution in [0.4, 0.5) is 16.2 Å². The lowest BCUT2D eigenvalue weighted by atomic mass is 9.86. The van der Waals surface area contributed by atoms with Gasteiger partial charge in [0.1, 0.15) is 11.5 Å². The predicted molar refractivity (Wildman–Crippen MR) is 110 cm³/mol. The highest BCUT2D eigenvalue weighted by atomic mass is 19.1. The third-order valence-electron chi connectivity index (χ3n) is 5.83. The first kappa shape index (κ1) is 20.2. The fourth-order valence-corrected chi connectivity index (χ4v) is 4.11. The van der Waals surface area contributed by atoms with Crippen molar-refractivity contribution in [2.24, 2.45) is 11.7 Å². The van der Waals surface area contributed by atoms with Gasteiger partial charge in [0.15, 0.2) is 5.82 Å². The lowest BCUT2D eigenvalue weighted by Crippen LogP contribution is -2.35. The van der Waals surface area contributed by atoms with Crippen molar-refractivity contribution in [3.8, 4) is 11.3 Å². The van der Waals surface area contributed by atoms with Crippen LogP contribution in [0, 0.1) is 11.7 Å². The fourth-order valence-electron chi connectivity index (χ4n) is 4.11. The third kappa shape index (κ3) is 4.39. The lowest BCUT2D eigenvalue weighted by molar-refractivity contribution is -0.122. The van der Waals surface area contributed by atoms with Crippen LogP contribution in [0.2, 0.25) is 0 Å². The summed E-state index contributed by atoms with van der Waals surface area (Å²) in [5.74, 6) is -0.00570. The van der Waals surface area contributed by atoms with Crippen LogP contribution in [-0.4, -0.2) is 39.4 Å². The normalized spacial score (nSPS) is 22.0. The molecule has 1 aliphatic carbocycles. The molecule has 2 aliphatic rings. The van der Waals surface area contributed by atoms with E-state index in [1.54, 1.807) is 23.2 Å². The second-order valence-electron chi connectivity index (χ2n) is 7.89. The summed E-state index contributed by atoms with van der Waals surface area (Å²) in [6, 6.07) is 3.47. The second kappa shape index (κ2) is 8.73. The summed E-state index contributed by atoms with van der Waals surface area (Å²) < 4.78 is 14.5. The number of nitrogens with one attached hydrogen (secondary N) is 1. The van der Waals surface area contributed by atoms with Gasteiger partial charge >= 0.3 is 0 Å². The molecule has 3 N–H and O–H groups in total. The number of rotatable bonds is 5. The second-order valence-corrected chi connectivity index (χ2v) is 7.89. The van der Waals surface area contributed by atoms with Gasteiger partial charge < -0.3 is 11.1 Å². The molecular weight excluding hydrogens is 387 g/mol. The summed E-state index contributed by atoms with van der Waals surface area (Å²) in [5, 5.41) is 3.24. The van der Waals surface area contributed by atoms with Crippen molar-refractivity contribution < 1.29 is 14.0 Å². The summed E-state index contributed by atoms with van der Waals surface area (Å²) in [6.45, 7) is 0.613. The van der Waals surface area contributed by atoms with E-state index >= 15 is 0 Å². The number of carbonyl (C=O) groups is 2. The zero-order valence-corrected chi connectivity index (χ0v) is 16.7. The summed E-state index contributed by atoms with van der Waals surface area (Å²) in [6.07, 6.45) is 8.01. The topological polar surface area (TPSA) is 114 Å². The van der Waals surface area contributed by atoms with E-state index in [1.165, 1.54) is 0 Å². The first-order valence-electron chi connectivity index (χ1n) is 10.4. The zero-order valence-electron chi connectivity index (χ0n) is 16.7. The summed E-state index contributed by atoms with van der Waals surface area (Å²) in [5.41, 5.74) is 6.08. The van der Waals surface area contributed by atoms with Crippen molar-refractivity contribution in [1.82, 2.24) is 15.0 Å². The minimum absolute atomic E-state index is 0.0305. The molecule has 0 aromatic carbocycles. The number of carbonyl (C=O) groups excluding carboxylic acids is 2. The molecule has 9 heteroatoms. The molecule has 0 unspecified atom stereocenters. The molecule has 1 aliphatic heterocycles. The van der Waals surface area contributed by atoms with Crippen molar-refractivity contribution >= 4 is 23.6 Å². The molecule has 2 amide bonds. The molecule has 3 heterocycles. The minimum Gasteiger partial charge on any atom is -0.369 e. The van der Waals surface area contributed by atoms with Crippen LogP contribution in [0.3, 0.4) is 0 Å². The van der Waals surface area contributed by atoms with Crippen LogP contribution in [0.5, 0.6) is 0 Å². The summed E-state index contributed by atoms with van der Waals surface area (Å²) >= 11 is 0. The monoisotopic (exact) mass is 412 g/mol. The SMILES string of the molecule is NC(=O)[C@H]1CC[C@H](Nc2ncc(F)c(-c3ccnc(N4CCCCC4=O)c3)n2)CC1. The highest BCUT2D eigenvalue weighted by molar-refractivity contribution is 5.93. The number of anilines is 2. The van der Waals surface area contributed by atoms with Crippen LogP contribution < -0.4 is 16.0 Å². The molecule has 0 atom stereocenters. The van der Waals surface area contributed by atoms with E-state index in [1.807, 2.05) is 0 Å². The molecule has 158 valence electrons. The largest absolute Gasteiger partial charge is 0.369 e. The van der Waals surface area contributed by atoms with Crippen molar-refractivity contribution in [3.05, 3.63) is 30.3 Å². The molecule has 8 nitrogen and oxygen atoms in total. The Bertz CT molecular complexity index is 945. The third-order valence-corrected chi connectivity index (χ3v) is 5.83. The van der Waals surface area contributed by atoms with E-state index in [2.05, 4.69) is 20.3 Å². The van der Waals surface area contributed by atoms with Crippen LogP contribution in [0.15, 0.2) is 24.5 Å². The Morgan fingerprint density at radius 3 is 2.73 bits per heavy atom. The molecule has 4 rings (SSSR count). The Morgan fingerprint density at radius 1 is 1.20 bits per heavy atom. The number of nitrogens with two attached hydrogens (primary N) is 1. The molecule has 2 aromatic heterocycles. The van der Waals surface area contributed by atoms with Crippen molar-refractivity contribution in [2.75, 3.05) is 16.8 Å². The summed E-state index contributed by atoms with van der Waals surface area (Å²) in [7, 11) is 0. The van der Waals surface area contributed by atoms with E-state index in [-0.39, 0.29) is 29.5 Å². The Morgan fingerprint density at radius 2 is 2.00 bits per heavy atom.